The fourth-order valence-electron chi connectivity index (χ4n) is 2.76. The first-order valence-corrected chi connectivity index (χ1v) is 8.60. The van der Waals surface area contributed by atoms with Gasteiger partial charge in [-0.25, -0.2) is 9.18 Å². The first kappa shape index (κ1) is 18.8. The molecule has 0 radical (unpaired) electrons. The van der Waals surface area contributed by atoms with Gasteiger partial charge < -0.3 is 20.5 Å². The number of benzene rings is 1. The summed E-state index contributed by atoms with van der Waals surface area (Å²) < 4.78 is 13.2. The van der Waals surface area contributed by atoms with Crippen LogP contribution in [0, 0.1) is 5.82 Å². The molecular formula is C18H25FN4O2. The number of carbonyl (C=O) groups is 2. The summed E-state index contributed by atoms with van der Waals surface area (Å²) in [5, 5.41) is 6.40. The van der Waals surface area contributed by atoms with Crippen molar-refractivity contribution < 1.29 is 14.0 Å². The van der Waals surface area contributed by atoms with Crippen molar-refractivity contribution in [2.75, 3.05) is 26.2 Å². The predicted molar refractivity (Wildman–Crippen MR) is 95.9 cm³/mol. The number of urea groups is 1. The average molecular weight is 348 g/mol. The van der Waals surface area contributed by atoms with Crippen LogP contribution in [0.15, 0.2) is 24.4 Å². The normalized spacial score (nSPS) is 10.7. The zero-order chi connectivity index (χ0) is 18.2. The van der Waals surface area contributed by atoms with E-state index in [-0.39, 0.29) is 17.8 Å². The van der Waals surface area contributed by atoms with Crippen LogP contribution in [0.4, 0.5) is 9.18 Å². The minimum absolute atomic E-state index is 0.0383. The summed E-state index contributed by atoms with van der Waals surface area (Å²) in [6.07, 6.45) is 2.76. The standard InChI is InChI=1S/C18H25FN4O2/c1-3-23(4-2)17(24)8-10-21-18(25)20-9-7-13-12-22-16-11-14(19)5-6-15(13)16/h5-6,11-12,22H,3-4,7-10H2,1-2H3,(H2,20,21,25). The molecule has 0 spiro atoms. The van der Waals surface area contributed by atoms with Gasteiger partial charge >= 0.3 is 6.03 Å². The topological polar surface area (TPSA) is 77.2 Å². The molecule has 0 fully saturated rings. The van der Waals surface area contributed by atoms with Crippen LogP contribution in [-0.4, -0.2) is 48.0 Å². The number of aromatic nitrogens is 1. The Bertz CT molecular complexity index is 725. The number of amides is 3. The largest absolute Gasteiger partial charge is 0.361 e. The Kier molecular flexibility index (Phi) is 6.80. The van der Waals surface area contributed by atoms with E-state index in [9.17, 15) is 14.0 Å². The molecule has 0 aliphatic carbocycles. The lowest BCUT2D eigenvalue weighted by Crippen LogP contribution is -2.39. The van der Waals surface area contributed by atoms with E-state index in [1.54, 1.807) is 11.0 Å². The zero-order valence-electron chi connectivity index (χ0n) is 14.7. The van der Waals surface area contributed by atoms with Crippen LogP contribution in [0.5, 0.6) is 0 Å². The monoisotopic (exact) mass is 348 g/mol. The van der Waals surface area contributed by atoms with E-state index >= 15 is 0 Å². The fourth-order valence-corrected chi connectivity index (χ4v) is 2.76. The number of fused-ring (bicyclic) bond motifs is 1. The van der Waals surface area contributed by atoms with Crippen molar-refractivity contribution >= 4 is 22.8 Å². The third-order valence-electron chi connectivity index (χ3n) is 4.15. The maximum atomic E-state index is 13.2. The van der Waals surface area contributed by atoms with Crippen molar-refractivity contribution in [2.45, 2.75) is 26.7 Å². The highest BCUT2D eigenvalue weighted by molar-refractivity contribution is 5.83. The smallest absolute Gasteiger partial charge is 0.314 e. The van der Waals surface area contributed by atoms with Crippen molar-refractivity contribution in [3.05, 3.63) is 35.8 Å². The summed E-state index contributed by atoms with van der Waals surface area (Å²) in [6.45, 7) is 5.99. The molecule has 0 aliphatic rings. The minimum atomic E-state index is -0.293. The molecule has 0 saturated carbocycles. The zero-order valence-corrected chi connectivity index (χ0v) is 14.7. The Balaban J connectivity index is 1.70. The lowest BCUT2D eigenvalue weighted by atomic mass is 10.1. The van der Waals surface area contributed by atoms with Gasteiger partial charge in [0.1, 0.15) is 5.82 Å². The number of nitrogens with zero attached hydrogens (tertiary/aromatic N) is 1. The molecule has 2 aromatic rings. The molecule has 25 heavy (non-hydrogen) atoms. The number of H-pyrrole nitrogens is 1. The first-order chi connectivity index (χ1) is 12.0. The number of hydrogen-bond acceptors (Lipinski definition) is 2. The summed E-state index contributed by atoms with van der Waals surface area (Å²) in [5.74, 6) is -0.242. The summed E-state index contributed by atoms with van der Waals surface area (Å²) in [5.41, 5.74) is 1.77. The Hall–Kier alpha value is -2.57. The van der Waals surface area contributed by atoms with Gasteiger partial charge in [-0.3, -0.25) is 4.79 Å². The number of hydrogen-bond donors (Lipinski definition) is 3. The van der Waals surface area contributed by atoms with E-state index in [0.717, 1.165) is 16.5 Å². The number of carbonyl (C=O) groups excluding carboxylic acids is 2. The minimum Gasteiger partial charge on any atom is -0.361 e. The van der Waals surface area contributed by atoms with Crippen LogP contribution in [0.3, 0.4) is 0 Å². The molecule has 0 unspecified atom stereocenters. The van der Waals surface area contributed by atoms with Gasteiger partial charge in [-0.1, -0.05) is 0 Å². The average Bonchev–Trinajstić information content (AvgIpc) is 2.98. The molecule has 6 nitrogen and oxygen atoms in total. The number of rotatable bonds is 8. The van der Waals surface area contributed by atoms with Crippen molar-refractivity contribution in [3.8, 4) is 0 Å². The van der Waals surface area contributed by atoms with Crippen LogP contribution in [0.1, 0.15) is 25.8 Å². The quantitative estimate of drug-likeness (QED) is 0.685. The molecule has 7 heteroatoms. The second-order valence-electron chi connectivity index (χ2n) is 5.75. The summed E-state index contributed by atoms with van der Waals surface area (Å²) in [7, 11) is 0. The van der Waals surface area contributed by atoms with E-state index in [1.165, 1.54) is 12.1 Å². The second kappa shape index (κ2) is 9.05. The summed E-state index contributed by atoms with van der Waals surface area (Å²) in [6, 6.07) is 4.31. The third-order valence-corrected chi connectivity index (χ3v) is 4.15. The summed E-state index contributed by atoms with van der Waals surface area (Å²) >= 11 is 0. The van der Waals surface area contributed by atoms with E-state index in [1.807, 2.05) is 20.0 Å². The predicted octanol–water partition coefficient (Wildman–Crippen LogP) is 2.41. The fraction of sp³-hybridized carbons (Fsp3) is 0.444. The van der Waals surface area contributed by atoms with Gasteiger partial charge in [0.25, 0.3) is 0 Å². The van der Waals surface area contributed by atoms with E-state index in [4.69, 9.17) is 0 Å². The summed E-state index contributed by atoms with van der Waals surface area (Å²) in [4.78, 5) is 28.4. The second-order valence-corrected chi connectivity index (χ2v) is 5.75. The molecule has 3 amide bonds. The van der Waals surface area contributed by atoms with Crippen molar-refractivity contribution in [2.24, 2.45) is 0 Å². The molecule has 2 rings (SSSR count). The van der Waals surface area contributed by atoms with Gasteiger partial charge in [-0.15, -0.1) is 0 Å². The molecule has 0 saturated heterocycles. The molecule has 0 atom stereocenters. The Labute approximate surface area is 146 Å². The lowest BCUT2D eigenvalue weighted by Gasteiger charge is -2.18. The number of aromatic amines is 1. The van der Waals surface area contributed by atoms with Crippen molar-refractivity contribution in [3.63, 3.8) is 0 Å². The maximum Gasteiger partial charge on any atom is 0.314 e. The highest BCUT2D eigenvalue weighted by Crippen LogP contribution is 2.19. The molecular weight excluding hydrogens is 323 g/mol. The molecule has 1 aromatic carbocycles. The van der Waals surface area contributed by atoms with Gasteiger partial charge in [-0.2, -0.15) is 0 Å². The van der Waals surface area contributed by atoms with E-state index < -0.39 is 0 Å². The first-order valence-electron chi connectivity index (χ1n) is 8.60. The Morgan fingerprint density at radius 1 is 1.16 bits per heavy atom. The highest BCUT2D eigenvalue weighted by Gasteiger charge is 2.10. The van der Waals surface area contributed by atoms with Crippen LogP contribution < -0.4 is 10.6 Å². The van der Waals surface area contributed by atoms with Crippen LogP contribution >= 0.6 is 0 Å². The van der Waals surface area contributed by atoms with Gasteiger partial charge in [0, 0.05) is 49.7 Å². The van der Waals surface area contributed by atoms with E-state index in [0.29, 0.717) is 39.0 Å². The molecule has 0 bridgehead atoms. The van der Waals surface area contributed by atoms with E-state index in [2.05, 4.69) is 15.6 Å². The van der Waals surface area contributed by atoms with Gasteiger partial charge in [0.05, 0.1) is 0 Å². The van der Waals surface area contributed by atoms with Crippen LogP contribution in [0.25, 0.3) is 10.9 Å². The van der Waals surface area contributed by atoms with Crippen LogP contribution in [0.2, 0.25) is 0 Å². The van der Waals surface area contributed by atoms with Gasteiger partial charge in [0.15, 0.2) is 0 Å². The third kappa shape index (κ3) is 5.20. The number of nitrogens with one attached hydrogen (secondary N) is 3. The lowest BCUT2D eigenvalue weighted by molar-refractivity contribution is -0.130. The molecule has 1 heterocycles. The van der Waals surface area contributed by atoms with Crippen molar-refractivity contribution in [1.29, 1.82) is 0 Å². The molecule has 3 N–H and O–H groups in total. The number of halogens is 1. The van der Waals surface area contributed by atoms with Crippen molar-refractivity contribution in [1.82, 2.24) is 20.5 Å². The van der Waals surface area contributed by atoms with Gasteiger partial charge in [-0.05, 0) is 44.0 Å². The maximum absolute atomic E-state index is 13.2. The molecule has 1 aromatic heterocycles. The molecule has 0 aliphatic heterocycles. The Morgan fingerprint density at radius 3 is 2.60 bits per heavy atom. The molecule has 136 valence electrons. The Morgan fingerprint density at radius 2 is 1.88 bits per heavy atom. The van der Waals surface area contributed by atoms with Crippen LogP contribution in [-0.2, 0) is 11.2 Å². The SMILES string of the molecule is CCN(CC)C(=O)CCNC(=O)NCCc1c[nH]c2cc(F)ccc12. The van der Waals surface area contributed by atoms with Gasteiger partial charge in [0.2, 0.25) is 5.91 Å². The highest BCUT2D eigenvalue weighted by atomic mass is 19.1.